The Morgan fingerprint density at radius 3 is 2.09 bits per heavy atom. The van der Waals surface area contributed by atoms with E-state index < -0.39 is 0 Å². The maximum Gasteiger partial charge on any atom is 0.276 e. The zero-order valence-corrected chi connectivity index (χ0v) is 7.31. The van der Waals surface area contributed by atoms with E-state index in [-0.39, 0.29) is 5.24 Å². The molecule has 0 atom stereocenters. The first-order valence-electron chi connectivity index (χ1n) is 3.07. The van der Waals surface area contributed by atoms with Gasteiger partial charge >= 0.3 is 0 Å². The number of thiol groups is 1. The van der Waals surface area contributed by atoms with Crippen LogP contribution in [0.5, 0.6) is 0 Å². The van der Waals surface area contributed by atoms with Gasteiger partial charge in [0.05, 0.1) is 0 Å². The Bertz CT molecular complexity index is 126. The third-order valence-electron chi connectivity index (χ3n) is 0.564. The monoisotopic (exact) mass is 174 g/mol. The number of nitrogens with two attached hydrogens (primary N) is 1. The summed E-state index contributed by atoms with van der Waals surface area (Å²) in [4.78, 5) is 9.91. The van der Waals surface area contributed by atoms with Crippen LogP contribution >= 0.6 is 12.6 Å². The molecule has 0 aliphatic rings. The van der Waals surface area contributed by atoms with Crippen molar-refractivity contribution in [2.45, 2.75) is 0 Å². The van der Waals surface area contributed by atoms with Crippen LogP contribution in [0.4, 0.5) is 4.79 Å². The first kappa shape index (κ1) is 12.9. The molecule has 0 bridgehead atoms. The van der Waals surface area contributed by atoms with Crippen molar-refractivity contribution in [3.63, 3.8) is 0 Å². The van der Waals surface area contributed by atoms with E-state index >= 15 is 0 Å². The Morgan fingerprint density at radius 1 is 1.55 bits per heavy atom. The van der Waals surface area contributed by atoms with Gasteiger partial charge in [0.1, 0.15) is 0 Å². The Kier molecular flexibility index (Phi) is 14.1. The van der Waals surface area contributed by atoms with Crippen LogP contribution in [-0.2, 0) is 0 Å². The van der Waals surface area contributed by atoms with Gasteiger partial charge in [0.15, 0.2) is 0 Å². The largest absolute Gasteiger partial charge is 0.344 e. The Morgan fingerprint density at radius 2 is 2.00 bits per heavy atom. The molecule has 0 rings (SSSR count). The third-order valence-corrected chi connectivity index (χ3v) is 0.722. The molecule has 0 heterocycles. The van der Waals surface area contributed by atoms with E-state index in [4.69, 9.17) is 5.73 Å². The predicted molar refractivity (Wildman–Crippen MR) is 51.8 cm³/mol. The molecule has 0 spiro atoms. The summed E-state index contributed by atoms with van der Waals surface area (Å²) in [6, 6.07) is 0. The lowest BCUT2D eigenvalue weighted by Crippen LogP contribution is -2.15. The van der Waals surface area contributed by atoms with Gasteiger partial charge in [0, 0.05) is 13.1 Å². The van der Waals surface area contributed by atoms with Crippen LogP contribution in [-0.4, -0.2) is 18.3 Å². The average Bonchev–Trinajstić information content (AvgIpc) is 2.01. The van der Waals surface area contributed by atoms with Gasteiger partial charge < -0.3 is 11.1 Å². The summed E-state index contributed by atoms with van der Waals surface area (Å²) >= 11 is 3.43. The van der Waals surface area contributed by atoms with E-state index in [0.717, 1.165) is 0 Å². The highest BCUT2D eigenvalue weighted by Gasteiger charge is 1.82. The molecule has 11 heavy (non-hydrogen) atoms. The predicted octanol–water partition coefficient (Wildman–Crippen LogP) is 0.943. The second kappa shape index (κ2) is 12.0. The molecule has 0 saturated heterocycles. The van der Waals surface area contributed by atoms with E-state index in [0.29, 0.717) is 13.1 Å². The molecule has 0 fully saturated rings. The SMILES string of the molecule is C=CCN.C=CCNC(=O)S. The molecule has 3 nitrogen and oxygen atoms in total. The molecule has 1 amide bonds. The number of amides is 1. The van der Waals surface area contributed by atoms with Crippen LogP contribution in [0.3, 0.4) is 0 Å². The molecule has 0 saturated carbocycles. The van der Waals surface area contributed by atoms with Crippen molar-refractivity contribution in [1.29, 1.82) is 0 Å². The molecule has 0 radical (unpaired) electrons. The first-order valence-corrected chi connectivity index (χ1v) is 3.52. The van der Waals surface area contributed by atoms with E-state index in [1.54, 1.807) is 12.2 Å². The molecule has 4 heteroatoms. The third kappa shape index (κ3) is 26.9. The van der Waals surface area contributed by atoms with E-state index in [1.165, 1.54) is 0 Å². The molecule has 64 valence electrons. The number of nitrogens with one attached hydrogen (secondary N) is 1. The van der Waals surface area contributed by atoms with E-state index in [9.17, 15) is 4.79 Å². The lowest BCUT2D eigenvalue weighted by atomic mass is 10.6. The summed E-state index contributed by atoms with van der Waals surface area (Å²) in [6.45, 7) is 7.81. The van der Waals surface area contributed by atoms with Crippen LogP contribution < -0.4 is 11.1 Å². The zero-order valence-electron chi connectivity index (χ0n) is 6.42. The van der Waals surface area contributed by atoms with Crippen LogP contribution in [0.2, 0.25) is 0 Å². The molecular formula is C7H14N2OS. The highest BCUT2D eigenvalue weighted by atomic mass is 32.1. The fourth-order valence-electron chi connectivity index (χ4n) is 0.159. The first-order chi connectivity index (χ1) is 5.18. The molecule has 3 N–H and O–H groups in total. The number of hydrogen-bond donors (Lipinski definition) is 3. The van der Waals surface area contributed by atoms with Gasteiger partial charge in [-0.15, -0.1) is 13.2 Å². The van der Waals surface area contributed by atoms with E-state index in [1.807, 2.05) is 0 Å². The maximum atomic E-state index is 9.91. The van der Waals surface area contributed by atoms with Crippen molar-refractivity contribution in [2.24, 2.45) is 5.73 Å². The van der Waals surface area contributed by atoms with Gasteiger partial charge in [-0.2, -0.15) is 0 Å². The molecule has 0 aliphatic carbocycles. The topological polar surface area (TPSA) is 55.1 Å². The fraction of sp³-hybridized carbons (Fsp3) is 0.286. The minimum atomic E-state index is -0.320. The van der Waals surface area contributed by atoms with Crippen molar-refractivity contribution in [1.82, 2.24) is 5.32 Å². The average molecular weight is 174 g/mol. The zero-order chi connectivity index (χ0) is 9.11. The normalized spacial score (nSPS) is 7.09. The molecule has 0 aromatic carbocycles. The number of carbonyl (C=O) groups excluding carboxylic acids is 1. The summed E-state index contributed by atoms with van der Waals surface area (Å²) in [5.74, 6) is 0. The van der Waals surface area contributed by atoms with Crippen molar-refractivity contribution in [3.8, 4) is 0 Å². The summed E-state index contributed by atoms with van der Waals surface area (Å²) < 4.78 is 0. The summed E-state index contributed by atoms with van der Waals surface area (Å²) in [7, 11) is 0. The minimum Gasteiger partial charge on any atom is -0.344 e. The fourth-order valence-corrected chi connectivity index (χ4v) is 0.251. The van der Waals surface area contributed by atoms with E-state index in [2.05, 4.69) is 31.1 Å². The van der Waals surface area contributed by atoms with Crippen LogP contribution in [0, 0.1) is 0 Å². The quantitative estimate of drug-likeness (QED) is 0.440. The Labute approximate surface area is 72.8 Å². The molecule has 0 aliphatic heterocycles. The van der Waals surface area contributed by atoms with Gasteiger partial charge in [-0.3, -0.25) is 4.79 Å². The number of carbonyl (C=O) groups is 1. The summed E-state index contributed by atoms with van der Waals surface area (Å²) in [5, 5.41) is 2.08. The summed E-state index contributed by atoms with van der Waals surface area (Å²) in [5.41, 5.74) is 4.91. The highest BCUT2D eigenvalue weighted by molar-refractivity contribution is 7.96. The van der Waals surface area contributed by atoms with Crippen molar-refractivity contribution < 1.29 is 4.79 Å². The van der Waals surface area contributed by atoms with Crippen molar-refractivity contribution in [3.05, 3.63) is 25.3 Å². The maximum absolute atomic E-state index is 9.91. The van der Waals surface area contributed by atoms with Crippen molar-refractivity contribution in [2.75, 3.05) is 13.1 Å². The highest BCUT2D eigenvalue weighted by Crippen LogP contribution is 1.72. The molecule has 0 unspecified atom stereocenters. The molecular weight excluding hydrogens is 160 g/mol. The van der Waals surface area contributed by atoms with Crippen molar-refractivity contribution >= 4 is 17.9 Å². The second-order valence-electron chi connectivity index (χ2n) is 1.50. The van der Waals surface area contributed by atoms with Crippen LogP contribution in [0.15, 0.2) is 25.3 Å². The lowest BCUT2D eigenvalue weighted by Gasteiger charge is -1.89. The van der Waals surface area contributed by atoms with Gasteiger partial charge in [0.2, 0.25) is 0 Å². The Balaban J connectivity index is 0. The smallest absolute Gasteiger partial charge is 0.276 e. The van der Waals surface area contributed by atoms with Crippen LogP contribution in [0.25, 0.3) is 0 Å². The van der Waals surface area contributed by atoms with Gasteiger partial charge in [0.25, 0.3) is 5.24 Å². The number of rotatable bonds is 3. The second-order valence-corrected chi connectivity index (χ2v) is 1.91. The minimum absolute atomic E-state index is 0.320. The summed E-state index contributed by atoms with van der Waals surface area (Å²) in [6.07, 6.45) is 3.24. The Hall–Kier alpha value is -0.740. The van der Waals surface area contributed by atoms with Crippen LogP contribution in [0.1, 0.15) is 0 Å². The van der Waals surface area contributed by atoms with Gasteiger partial charge in [-0.25, -0.2) is 0 Å². The van der Waals surface area contributed by atoms with Gasteiger partial charge in [-0.1, -0.05) is 24.8 Å². The standard InChI is InChI=1S/C4H7NOS.C3H7N/c1-2-3-5-4(6)7;1-2-3-4/h2H,1,3H2,(H2,5,6,7);2H,1,3-4H2. The lowest BCUT2D eigenvalue weighted by molar-refractivity contribution is 0.262. The molecule has 0 aromatic rings. The number of hydrogen-bond acceptors (Lipinski definition) is 2. The molecule has 0 aromatic heterocycles. The van der Waals surface area contributed by atoms with Gasteiger partial charge in [-0.05, 0) is 0 Å².